The van der Waals surface area contributed by atoms with Crippen LogP contribution in [0.4, 0.5) is 0 Å². The number of rotatable bonds is 6. The molecular formula is C61H48N4. The second-order valence-corrected chi connectivity index (χ2v) is 17.6. The second-order valence-electron chi connectivity index (χ2n) is 17.6. The van der Waals surface area contributed by atoms with E-state index in [0.717, 1.165) is 11.1 Å². The molecule has 0 aliphatic heterocycles. The molecule has 312 valence electrons. The van der Waals surface area contributed by atoms with Gasteiger partial charge in [0.25, 0.3) is 0 Å². The summed E-state index contributed by atoms with van der Waals surface area (Å²) < 4.78 is 4.94. The van der Waals surface area contributed by atoms with Crippen LogP contribution in [0.25, 0.3) is 82.9 Å². The van der Waals surface area contributed by atoms with Crippen LogP contribution in [-0.4, -0.2) is 14.8 Å². The monoisotopic (exact) mass is 836 g/mol. The topological polar surface area (TPSA) is 59.7 Å². The molecule has 0 saturated heterocycles. The number of hydrogen-bond acceptors (Lipinski definition) is 2. The van der Waals surface area contributed by atoms with Crippen molar-refractivity contribution in [1.82, 2.24) is 9.13 Å². The summed E-state index contributed by atoms with van der Waals surface area (Å²) in [6.45, 7) is 6.94. The maximum Gasteiger partial charge on any atom is 0.0632 e. The largest absolute Gasteiger partial charge is 0.398 e. The Hall–Kier alpha value is -8.21. The van der Waals surface area contributed by atoms with Crippen LogP contribution in [0, 0.1) is 12.3 Å². The van der Waals surface area contributed by atoms with Crippen molar-refractivity contribution < 1.29 is 0 Å². The SMILES string of the molecule is Cc1ccc(-c2cc3c(c4c2c2ccccc2n4-c2ccc4c(c2)c2ccccc2n4-c2ccccc2)-c2ccccc2C3(C)C)cc1.N=C(/C=C(\N)c1ccccc1)c1ccccc1. The average Bonchev–Trinajstić information content (AvgIpc) is 3.95. The van der Waals surface area contributed by atoms with Gasteiger partial charge in [0, 0.05) is 49.6 Å². The Balaban J connectivity index is 0.000000233. The fourth-order valence-electron chi connectivity index (χ4n) is 10.1. The highest BCUT2D eigenvalue weighted by Gasteiger charge is 2.38. The van der Waals surface area contributed by atoms with Crippen LogP contribution in [0.5, 0.6) is 0 Å². The van der Waals surface area contributed by atoms with Crippen LogP contribution >= 0.6 is 0 Å². The fraction of sp³-hybridized carbons (Fsp3) is 0.0656. The average molecular weight is 837 g/mol. The summed E-state index contributed by atoms with van der Waals surface area (Å²) in [6, 6.07) is 75.4. The molecule has 12 rings (SSSR count). The molecule has 1 aliphatic rings. The number of nitrogens with one attached hydrogen (secondary N) is 1. The lowest BCUT2D eigenvalue weighted by molar-refractivity contribution is 0.661. The summed E-state index contributed by atoms with van der Waals surface area (Å²) >= 11 is 0. The molecule has 9 aromatic carbocycles. The van der Waals surface area contributed by atoms with Crippen LogP contribution in [0.3, 0.4) is 0 Å². The Labute approximate surface area is 379 Å². The van der Waals surface area contributed by atoms with Crippen LogP contribution in [-0.2, 0) is 5.41 Å². The molecule has 11 aromatic rings. The standard InChI is InChI=1S/C46H34N2.C15H14N2/c1-29-21-23-30(24-22-29)36-28-39-44(34-16-7-10-18-38(34)46(39,2)3)45-43(36)35-17-9-12-20-41(35)48(45)32-25-26-42-37(27-32)33-15-8-11-19-40(33)47(42)31-13-5-4-6-14-31;16-14(12-7-3-1-4-8-12)11-15(17)13-9-5-2-6-10-13/h4-28H,1-3H3;1-11,16H,17H2/b;15-11-,16-14?. The van der Waals surface area contributed by atoms with Crippen LogP contribution in [0.15, 0.2) is 218 Å². The molecule has 4 heteroatoms. The van der Waals surface area contributed by atoms with Crippen molar-refractivity contribution in [3.8, 4) is 33.6 Å². The fourth-order valence-corrected chi connectivity index (χ4v) is 10.1. The Kier molecular flexibility index (Phi) is 9.66. The minimum Gasteiger partial charge on any atom is -0.398 e. The quantitative estimate of drug-likeness (QED) is 0.161. The van der Waals surface area contributed by atoms with Crippen LogP contribution in [0.2, 0.25) is 0 Å². The number of nitrogens with two attached hydrogens (primary N) is 1. The molecule has 3 N–H and O–H groups in total. The summed E-state index contributed by atoms with van der Waals surface area (Å²) in [4.78, 5) is 0. The van der Waals surface area contributed by atoms with E-state index in [4.69, 9.17) is 11.1 Å². The predicted molar refractivity (Wildman–Crippen MR) is 275 cm³/mol. The van der Waals surface area contributed by atoms with E-state index in [-0.39, 0.29) is 5.41 Å². The van der Waals surface area contributed by atoms with Gasteiger partial charge in [-0.05, 0) is 100 Å². The lowest BCUT2D eigenvalue weighted by Crippen LogP contribution is -2.15. The zero-order chi connectivity index (χ0) is 44.2. The van der Waals surface area contributed by atoms with Crippen molar-refractivity contribution in [3.05, 3.63) is 246 Å². The third kappa shape index (κ3) is 6.65. The normalized spacial score (nSPS) is 12.9. The highest BCUT2D eigenvalue weighted by atomic mass is 15.0. The van der Waals surface area contributed by atoms with Gasteiger partial charge in [0.2, 0.25) is 0 Å². The van der Waals surface area contributed by atoms with Gasteiger partial charge in [0.15, 0.2) is 0 Å². The van der Waals surface area contributed by atoms with Crippen molar-refractivity contribution in [3.63, 3.8) is 0 Å². The van der Waals surface area contributed by atoms with Gasteiger partial charge in [-0.3, -0.25) is 0 Å². The molecule has 0 bridgehead atoms. The maximum absolute atomic E-state index is 7.95. The van der Waals surface area contributed by atoms with E-state index in [1.165, 1.54) is 93.9 Å². The van der Waals surface area contributed by atoms with Crippen molar-refractivity contribution in [2.75, 3.05) is 0 Å². The molecule has 4 nitrogen and oxygen atoms in total. The number of allylic oxidation sites excluding steroid dienone is 1. The Morgan fingerprint density at radius 3 is 1.77 bits per heavy atom. The van der Waals surface area contributed by atoms with E-state index < -0.39 is 0 Å². The summed E-state index contributed by atoms with van der Waals surface area (Å²) in [5.74, 6) is 0. The van der Waals surface area contributed by atoms with Crippen LogP contribution in [0.1, 0.15) is 41.7 Å². The number of benzene rings is 9. The number of para-hydroxylation sites is 3. The molecule has 2 heterocycles. The van der Waals surface area contributed by atoms with Gasteiger partial charge >= 0.3 is 0 Å². The van der Waals surface area contributed by atoms with E-state index in [2.05, 4.69) is 182 Å². The molecule has 0 fully saturated rings. The first-order valence-electron chi connectivity index (χ1n) is 22.3. The molecular weight excluding hydrogens is 789 g/mol. The van der Waals surface area contributed by atoms with Gasteiger partial charge in [-0.25, -0.2) is 0 Å². The minimum atomic E-state index is -0.131. The van der Waals surface area contributed by atoms with E-state index in [1.807, 2.05) is 60.7 Å². The zero-order valence-corrected chi connectivity index (χ0v) is 36.8. The van der Waals surface area contributed by atoms with Gasteiger partial charge in [-0.1, -0.05) is 183 Å². The molecule has 0 unspecified atom stereocenters. The first kappa shape index (κ1) is 39.6. The molecule has 0 atom stereocenters. The Morgan fingerprint density at radius 2 is 1.06 bits per heavy atom. The molecule has 0 saturated carbocycles. The van der Waals surface area contributed by atoms with Crippen molar-refractivity contribution in [1.29, 1.82) is 5.41 Å². The van der Waals surface area contributed by atoms with Crippen molar-refractivity contribution in [2.24, 2.45) is 5.73 Å². The second kappa shape index (κ2) is 15.9. The number of aromatic nitrogens is 2. The molecule has 1 aliphatic carbocycles. The predicted octanol–water partition coefficient (Wildman–Crippen LogP) is 15.2. The van der Waals surface area contributed by atoms with E-state index in [9.17, 15) is 0 Å². The molecule has 0 spiro atoms. The molecule has 0 amide bonds. The summed E-state index contributed by atoms with van der Waals surface area (Å²) in [5, 5.41) is 13.1. The number of nitrogens with zero attached hydrogens (tertiary/aromatic N) is 2. The maximum atomic E-state index is 7.95. The highest BCUT2D eigenvalue weighted by Crippen LogP contribution is 2.55. The van der Waals surface area contributed by atoms with Crippen molar-refractivity contribution in [2.45, 2.75) is 26.2 Å². The van der Waals surface area contributed by atoms with E-state index in [0.29, 0.717) is 11.4 Å². The van der Waals surface area contributed by atoms with E-state index in [1.54, 1.807) is 6.08 Å². The van der Waals surface area contributed by atoms with Crippen LogP contribution < -0.4 is 5.73 Å². The summed E-state index contributed by atoms with van der Waals surface area (Å²) in [6.07, 6.45) is 1.69. The molecule has 0 radical (unpaired) electrons. The van der Waals surface area contributed by atoms with Gasteiger partial charge in [0.05, 0.1) is 27.8 Å². The smallest absolute Gasteiger partial charge is 0.0632 e. The highest BCUT2D eigenvalue weighted by molar-refractivity contribution is 6.21. The van der Waals surface area contributed by atoms with Gasteiger partial charge in [-0.15, -0.1) is 0 Å². The first-order valence-corrected chi connectivity index (χ1v) is 22.3. The first-order chi connectivity index (χ1) is 31.8. The third-order valence-corrected chi connectivity index (χ3v) is 13.3. The summed E-state index contributed by atoms with van der Waals surface area (Å²) in [7, 11) is 0. The van der Waals surface area contributed by atoms with Gasteiger partial charge in [0.1, 0.15) is 0 Å². The Morgan fingerprint density at radius 1 is 0.492 bits per heavy atom. The number of hydrogen-bond donors (Lipinski definition) is 2. The molecule has 2 aromatic heterocycles. The minimum absolute atomic E-state index is 0.131. The summed E-state index contributed by atoms with van der Waals surface area (Å²) in [5.41, 5.74) is 25.2. The van der Waals surface area contributed by atoms with Gasteiger partial charge < -0.3 is 20.3 Å². The van der Waals surface area contributed by atoms with Crippen molar-refractivity contribution >= 4 is 55.0 Å². The Bertz CT molecular complexity index is 3630. The lowest BCUT2D eigenvalue weighted by atomic mass is 9.81. The van der Waals surface area contributed by atoms with Gasteiger partial charge in [-0.2, -0.15) is 0 Å². The number of aryl methyl sites for hydroxylation is 1. The zero-order valence-electron chi connectivity index (χ0n) is 36.8. The van der Waals surface area contributed by atoms with E-state index >= 15 is 0 Å². The number of fused-ring (bicyclic) bond motifs is 10. The third-order valence-electron chi connectivity index (χ3n) is 13.3. The molecule has 65 heavy (non-hydrogen) atoms. The lowest BCUT2D eigenvalue weighted by Gasteiger charge is -2.23.